The predicted octanol–water partition coefficient (Wildman–Crippen LogP) is 4.09. The summed E-state index contributed by atoms with van der Waals surface area (Å²) in [5.41, 5.74) is -0.437. The average molecular weight is 277 g/mol. The molecule has 0 fully saturated rings. The van der Waals surface area contributed by atoms with Crippen molar-refractivity contribution in [3.05, 3.63) is 26.4 Å². The van der Waals surface area contributed by atoms with Gasteiger partial charge >= 0.3 is 0 Å². The molecule has 6 heteroatoms. The minimum Gasteiger partial charge on any atom is -0.243 e. The zero-order valence-corrected chi connectivity index (χ0v) is 8.59. The Morgan fingerprint density at radius 2 is 2.00 bits per heavy atom. The summed E-state index contributed by atoms with van der Waals surface area (Å²) in [5, 5.41) is -0.358. The van der Waals surface area contributed by atoms with E-state index in [-0.39, 0.29) is 10.2 Å². The van der Waals surface area contributed by atoms with Gasteiger partial charge in [0.15, 0.2) is 0 Å². The monoisotopic (exact) mass is 275 g/mol. The van der Waals surface area contributed by atoms with Gasteiger partial charge in [-0.05, 0) is 15.9 Å². The molecule has 1 rings (SSSR count). The first-order valence-corrected chi connectivity index (χ1v) is 4.36. The number of alkyl halides is 2. The van der Waals surface area contributed by atoms with Crippen LogP contribution >= 0.6 is 39.1 Å². The topological polar surface area (TPSA) is 12.9 Å². The second-order valence-corrected chi connectivity index (χ2v) is 3.52. The predicted molar refractivity (Wildman–Crippen MR) is 46.9 cm³/mol. The number of hydrogen-bond donors (Lipinski definition) is 0. The smallest absolute Gasteiger partial charge is 0.243 e. The van der Waals surface area contributed by atoms with Gasteiger partial charge in [0.1, 0.15) is 5.15 Å². The van der Waals surface area contributed by atoms with Gasteiger partial charge in [-0.1, -0.05) is 23.2 Å². The molecule has 0 aliphatic carbocycles. The summed E-state index contributed by atoms with van der Waals surface area (Å²) in [6.45, 7) is 0. The number of hydrogen-bond acceptors (Lipinski definition) is 1. The molecule has 1 aromatic heterocycles. The third-order valence-corrected chi connectivity index (χ3v) is 2.72. The van der Waals surface area contributed by atoms with E-state index < -0.39 is 12.0 Å². The van der Waals surface area contributed by atoms with Crippen LogP contribution in [0.5, 0.6) is 0 Å². The maximum absolute atomic E-state index is 12.2. The zero-order chi connectivity index (χ0) is 9.30. The van der Waals surface area contributed by atoms with Gasteiger partial charge in [-0.25, -0.2) is 13.8 Å². The van der Waals surface area contributed by atoms with Crippen molar-refractivity contribution in [2.75, 3.05) is 0 Å². The summed E-state index contributed by atoms with van der Waals surface area (Å²) in [4.78, 5) is 3.51. The molecule has 0 amide bonds. The Hall–Kier alpha value is 0.0700. The van der Waals surface area contributed by atoms with Crippen molar-refractivity contribution in [3.63, 3.8) is 0 Å². The van der Waals surface area contributed by atoms with Crippen molar-refractivity contribution >= 4 is 39.1 Å². The first kappa shape index (κ1) is 10.2. The summed E-state index contributed by atoms with van der Waals surface area (Å²) in [5.74, 6) is 0. The van der Waals surface area contributed by atoms with Crippen LogP contribution in [0.1, 0.15) is 12.0 Å². The molecule has 0 spiro atoms. The minimum atomic E-state index is -2.71. The third kappa shape index (κ3) is 1.87. The molecule has 1 aromatic rings. The summed E-state index contributed by atoms with van der Waals surface area (Å²) in [6, 6.07) is 0. The summed E-state index contributed by atoms with van der Waals surface area (Å²) >= 11 is 13.9. The Labute approximate surface area is 85.8 Å². The summed E-state index contributed by atoms with van der Waals surface area (Å²) in [6.07, 6.45) is -1.44. The maximum atomic E-state index is 12.2. The van der Waals surface area contributed by atoms with Crippen LogP contribution in [0.4, 0.5) is 8.78 Å². The molecule has 0 saturated carbocycles. The molecule has 0 N–H and O–H groups in total. The van der Waals surface area contributed by atoms with Crippen LogP contribution in [0.3, 0.4) is 0 Å². The lowest BCUT2D eigenvalue weighted by molar-refractivity contribution is 0.151. The molecule has 12 heavy (non-hydrogen) atoms. The van der Waals surface area contributed by atoms with Crippen LogP contribution in [0.25, 0.3) is 0 Å². The van der Waals surface area contributed by atoms with Crippen LogP contribution in [-0.2, 0) is 0 Å². The van der Waals surface area contributed by atoms with Crippen LogP contribution in [0.2, 0.25) is 10.2 Å². The van der Waals surface area contributed by atoms with E-state index in [2.05, 4.69) is 20.9 Å². The van der Waals surface area contributed by atoms with Crippen molar-refractivity contribution < 1.29 is 8.78 Å². The van der Waals surface area contributed by atoms with Crippen LogP contribution in [0, 0.1) is 0 Å². The molecule has 0 atom stereocenters. The normalized spacial score (nSPS) is 10.8. The fraction of sp³-hybridized carbons (Fsp3) is 0.167. The van der Waals surface area contributed by atoms with Gasteiger partial charge in [0.2, 0.25) is 0 Å². The van der Waals surface area contributed by atoms with Gasteiger partial charge in [-0.3, -0.25) is 0 Å². The van der Waals surface area contributed by atoms with Gasteiger partial charge in [-0.2, -0.15) is 0 Å². The first-order chi connectivity index (χ1) is 5.54. The van der Waals surface area contributed by atoms with Crippen molar-refractivity contribution in [2.24, 2.45) is 0 Å². The highest BCUT2D eigenvalue weighted by atomic mass is 79.9. The SMILES string of the molecule is FC(F)c1c(Cl)ncc(Br)c1Cl. The molecular weight excluding hydrogens is 275 g/mol. The highest BCUT2D eigenvalue weighted by Crippen LogP contribution is 2.36. The number of pyridine rings is 1. The third-order valence-electron chi connectivity index (χ3n) is 1.18. The molecule has 1 heterocycles. The zero-order valence-electron chi connectivity index (χ0n) is 5.49. The second-order valence-electron chi connectivity index (χ2n) is 1.93. The largest absolute Gasteiger partial charge is 0.268 e. The van der Waals surface area contributed by atoms with E-state index >= 15 is 0 Å². The van der Waals surface area contributed by atoms with Crippen molar-refractivity contribution in [2.45, 2.75) is 6.43 Å². The van der Waals surface area contributed by atoms with E-state index in [1.807, 2.05) is 0 Å². The Morgan fingerprint density at radius 3 is 2.42 bits per heavy atom. The van der Waals surface area contributed by atoms with Crippen LogP contribution in [-0.4, -0.2) is 4.98 Å². The molecule has 0 unspecified atom stereocenters. The Kier molecular flexibility index (Phi) is 3.26. The van der Waals surface area contributed by atoms with E-state index in [4.69, 9.17) is 23.2 Å². The second kappa shape index (κ2) is 3.85. The average Bonchev–Trinajstić information content (AvgIpc) is 1.97. The molecule has 0 saturated heterocycles. The van der Waals surface area contributed by atoms with E-state index in [0.29, 0.717) is 4.47 Å². The first-order valence-electron chi connectivity index (χ1n) is 2.81. The van der Waals surface area contributed by atoms with Gasteiger partial charge in [0.05, 0.1) is 15.1 Å². The molecule has 0 aromatic carbocycles. The molecule has 0 bridgehead atoms. The molecule has 0 aliphatic rings. The lowest BCUT2D eigenvalue weighted by Crippen LogP contribution is -1.91. The van der Waals surface area contributed by atoms with Gasteiger partial charge in [0.25, 0.3) is 6.43 Å². The lowest BCUT2D eigenvalue weighted by atomic mass is 10.3. The van der Waals surface area contributed by atoms with Crippen molar-refractivity contribution in [1.82, 2.24) is 4.98 Å². The number of rotatable bonds is 1. The molecule has 1 nitrogen and oxygen atoms in total. The van der Waals surface area contributed by atoms with E-state index in [0.717, 1.165) is 0 Å². The molecule has 0 radical (unpaired) electrons. The molecule has 0 aliphatic heterocycles. The van der Waals surface area contributed by atoms with E-state index in [9.17, 15) is 8.78 Å². The fourth-order valence-corrected chi connectivity index (χ4v) is 1.46. The van der Waals surface area contributed by atoms with Crippen LogP contribution in [0.15, 0.2) is 10.7 Å². The number of aromatic nitrogens is 1. The van der Waals surface area contributed by atoms with E-state index in [1.165, 1.54) is 6.20 Å². The lowest BCUT2D eigenvalue weighted by Gasteiger charge is -2.05. The van der Waals surface area contributed by atoms with Gasteiger partial charge < -0.3 is 0 Å². The molecule has 66 valence electrons. The minimum absolute atomic E-state index is 0.0926. The summed E-state index contributed by atoms with van der Waals surface area (Å²) < 4.78 is 24.8. The van der Waals surface area contributed by atoms with Crippen LogP contribution < -0.4 is 0 Å². The quantitative estimate of drug-likeness (QED) is 0.704. The number of halogens is 5. The van der Waals surface area contributed by atoms with Gasteiger partial charge in [-0.15, -0.1) is 0 Å². The highest BCUT2D eigenvalue weighted by molar-refractivity contribution is 9.10. The summed E-state index contributed by atoms with van der Waals surface area (Å²) in [7, 11) is 0. The van der Waals surface area contributed by atoms with Gasteiger partial charge in [0, 0.05) is 6.20 Å². The Bertz CT molecular complexity index is 306. The number of nitrogens with zero attached hydrogens (tertiary/aromatic N) is 1. The standard InChI is InChI=1S/C6H2BrCl2F2N/c7-2-1-12-5(9)3(4(2)8)6(10)11/h1,6H. The van der Waals surface area contributed by atoms with Crippen molar-refractivity contribution in [3.8, 4) is 0 Å². The Balaban J connectivity index is 3.33. The fourth-order valence-electron chi connectivity index (χ4n) is 0.645. The van der Waals surface area contributed by atoms with Crippen molar-refractivity contribution in [1.29, 1.82) is 0 Å². The molecular formula is C6H2BrCl2F2N. The van der Waals surface area contributed by atoms with E-state index in [1.54, 1.807) is 0 Å². The highest BCUT2D eigenvalue weighted by Gasteiger charge is 2.19. The Morgan fingerprint density at radius 1 is 1.42 bits per heavy atom. The maximum Gasteiger partial charge on any atom is 0.268 e.